The molecule has 1 aromatic carbocycles. The Morgan fingerprint density at radius 2 is 2.00 bits per heavy atom. The summed E-state index contributed by atoms with van der Waals surface area (Å²) >= 11 is 0. The number of ether oxygens (including phenoxy) is 2. The van der Waals surface area contributed by atoms with Crippen LogP contribution in [0, 0.1) is 6.92 Å². The quantitative estimate of drug-likeness (QED) is 0.791. The summed E-state index contributed by atoms with van der Waals surface area (Å²) in [6.07, 6.45) is 0. The molecular formula is C11H10N4O2. The van der Waals surface area contributed by atoms with Crippen molar-refractivity contribution in [2.75, 3.05) is 12.5 Å². The number of aryl methyl sites for hydroxylation is 1. The fourth-order valence-corrected chi connectivity index (χ4v) is 1.67. The summed E-state index contributed by atoms with van der Waals surface area (Å²) in [6.45, 7) is 1.99. The van der Waals surface area contributed by atoms with E-state index in [0.29, 0.717) is 23.1 Å². The summed E-state index contributed by atoms with van der Waals surface area (Å²) < 4.78 is 10.5. The zero-order valence-corrected chi connectivity index (χ0v) is 9.17. The molecule has 2 aromatic rings. The number of aromatic nitrogens is 3. The zero-order valence-electron chi connectivity index (χ0n) is 9.17. The Bertz CT molecular complexity index is 586. The van der Waals surface area contributed by atoms with Crippen LogP contribution in [0.3, 0.4) is 0 Å². The highest BCUT2D eigenvalue weighted by atomic mass is 16.7. The summed E-state index contributed by atoms with van der Waals surface area (Å²) in [6, 6.07) is 5.49. The van der Waals surface area contributed by atoms with Gasteiger partial charge in [0, 0.05) is 5.56 Å². The predicted octanol–water partition coefficient (Wildman–Crippen LogP) is 1.16. The van der Waals surface area contributed by atoms with Crippen LogP contribution in [0.25, 0.3) is 11.3 Å². The number of nitrogen functional groups attached to an aromatic ring is 1. The molecule has 17 heavy (non-hydrogen) atoms. The van der Waals surface area contributed by atoms with Gasteiger partial charge in [0.05, 0.1) is 0 Å². The third-order valence-electron chi connectivity index (χ3n) is 2.47. The van der Waals surface area contributed by atoms with E-state index in [-0.39, 0.29) is 6.79 Å². The minimum absolute atomic E-state index is 0.242. The van der Waals surface area contributed by atoms with Gasteiger partial charge in [0.2, 0.25) is 6.79 Å². The molecule has 86 valence electrons. The summed E-state index contributed by atoms with van der Waals surface area (Å²) in [5.74, 6) is 2.31. The minimum atomic E-state index is 0.242. The van der Waals surface area contributed by atoms with Gasteiger partial charge in [-0.25, -0.2) is 4.98 Å². The van der Waals surface area contributed by atoms with Crippen LogP contribution in [0.15, 0.2) is 18.2 Å². The molecule has 0 fully saturated rings. The molecule has 0 radical (unpaired) electrons. The third kappa shape index (κ3) is 1.63. The number of hydrogen-bond donors (Lipinski definition) is 1. The average Bonchev–Trinajstić information content (AvgIpc) is 2.75. The number of nitrogens with zero attached hydrogens (tertiary/aromatic N) is 3. The van der Waals surface area contributed by atoms with Crippen LogP contribution >= 0.6 is 0 Å². The molecule has 0 aliphatic carbocycles. The molecule has 0 saturated heterocycles. The van der Waals surface area contributed by atoms with Crippen LogP contribution in [0.4, 0.5) is 5.82 Å². The molecule has 3 rings (SSSR count). The van der Waals surface area contributed by atoms with Gasteiger partial charge in [-0.1, -0.05) is 0 Å². The Balaban J connectivity index is 2.09. The number of benzene rings is 1. The first-order chi connectivity index (χ1) is 8.24. The first kappa shape index (κ1) is 9.83. The lowest BCUT2D eigenvalue weighted by molar-refractivity contribution is 0.174. The van der Waals surface area contributed by atoms with Crippen LogP contribution < -0.4 is 15.2 Å². The van der Waals surface area contributed by atoms with E-state index in [0.717, 1.165) is 11.3 Å². The Kier molecular flexibility index (Phi) is 2.07. The van der Waals surface area contributed by atoms with Gasteiger partial charge in [0.15, 0.2) is 17.3 Å². The van der Waals surface area contributed by atoms with E-state index in [1.807, 2.05) is 18.2 Å². The maximum Gasteiger partial charge on any atom is 0.231 e. The highest BCUT2D eigenvalue weighted by Crippen LogP contribution is 2.36. The molecule has 1 aliphatic heterocycles. The monoisotopic (exact) mass is 230 g/mol. The molecule has 0 amide bonds. The van der Waals surface area contributed by atoms with Crippen molar-refractivity contribution in [3.05, 3.63) is 24.0 Å². The van der Waals surface area contributed by atoms with E-state index in [2.05, 4.69) is 15.2 Å². The Hall–Kier alpha value is -2.37. The number of anilines is 1. The van der Waals surface area contributed by atoms with Gasteiger partial charge in [0.25, 0.3) is 0 Å². The van der Waals surface area contributed by atoms with Gasteiger partial charge in [-0.05, 0) is 25.1 Å². The van der Waals surface area contributed by atoms with Gasteiger partial charge >= 0.3 is 0 Å². The molecule has 0 atom stereocenters. The van der Waals surface area contributed by atoms with Gasteiger partial charge < -0.3 is 15.2 Å². The first-order valence-corrected chi connectivity index (χ1v) is 5.11. The van der Waals surface area contributed by atoms with Crippen molar-refractivity contribution in [2.24, 2.45) is 0 Å². The van der Waals surface area contributed by atoms with E-state index in [4.69, 9.17) is 15.2 Å². The lowest BCUT2D eigenvalue weighted by Gasteiger charge is -2.04. The maximum atomic E-state index is 5.81. The molecule has 6 nitrogen and oxygen atoms in total. The van der Waals surface area contributed by atoms with Crippen molar-refractivity contribution in [3.8, 4) is 22.8 Å². The largest absolute Gasteiger partial charge is 0.454 e. The summed E-state index contributed by atoms with van der Waals surface area (Å²) in [7, 11) is 0. The topological polar surface area (TPSA) is 83.2 Å². The highest BCUT2D eigenvalue weighted by molar-refractivity contribution is 5.71. The van der Waals surface area contributed by atoms with Gasteiger partial charge in [-0.2, -0.15) is 0 Å². The Morgan fingerprint density at radius 1 is 1.18 bits per heavy atom. The highest BCUT2D eigenvalue weighted by Gasteiger charge is 2.16. The fourth-order valence-electron chi connectivity index (χ4n) is 1.67. The van der Waals surface area contributed by atoms with Crippen molar-refractivity contribution in [2.45, 2.75) is 6.92 Å². The minimum Gasteiger partial charge on any atom is -0.454 e. The SMILES string of the molecule is Cc1nnc(-c2ccc3c(c2)OCO3)c(N)n1. The number of fused-ring (bicyclic) bond motifs is 1. The number of rotatable bonds is 1. The Labute approximate surface area is 97.4 Å². The second kappa shape index (κ2) is 3.58. The van der Waals surface area contributed by atoms with E-state index in [9.17, 15) is 0 Å². The molecule has 2 N–H and O–H groups in total. The smallest absolute Gasteiger partial charge is 0.231 e. The molecule has 6 heteroatoms. The zero-order chi connectivity index (χ0) is 11.8. The van der Waals surface area contributed by atoms with Crippen molar-refractivity contribution in [1.82, 2.24) is 15.2 Å². The molecule has 0 saturated carbocycles. The van der Waals surface area contributed by atoms with E-state index in [1.165, 1.54) is 0 Å². The summed E-state index contributed by atoms with van der Waals surface area (Å²) in [4.78, 5) is 4.08. The molecule has 0 bridgehead atoms. The van der Waals surface area contributed by atoms with E-state index < -0.39 is 0 Å². The van der Waals surface area contributed by atoms with Crippen molar-refractivity contribution < 1.29 is 9.47 Å². The van der Waals surface area contributed by atoms with Crippen LogP contribution in [0.2, 0.25) is 0 Å². The van der Waals surface area contributed by atoms with Crippen molar-refractivity contribution in [3.63, 3.8) is 0 Å². The van der Waals surface area contributed by atoms with Crippen LogP contribution in [-0.4, -0.2) is 22.0 Å². The van der Waals surface area contributed by atoms with E-state index in [1.54, 1.807) is 6.92 Å². The number of nitrogens with two attached hydrogens (primary N) is 1. The maximum absolute atomic E-state index is 5.81. The molecule has 2 heterocycles. The lowest BCUT2D eigenvalue weighted by atomic mass is 10.1. The molecule has 1 aromatic heterocycles. The Morgan fingerprint density at radius 3 is 2.82 bits per heavy atom. The van der Waals surface area contributed by atoms with E-state index >= 15 is 0 Å². The predicted molar refractivity (Wildman–Crippen MR) is 60.5 cm³/mol. The molecule has 1 aliphatic rings. The van der Waals surface area contributed by atoms with Crippen molar-refractivity contribution in [1.29, 1.82) is 0 Å². The lowest BCUT2D eigenvalue weighted by Crippen LogP contribution is -2.01. The van der Waals surface area contributed by atoms with Crippen LogP contribution in [0.5, 0.6) is 11.5 Å². The summed E-state index contributed by atoms with van der Waals surface area (Å²) in [5.41, 5.74) is 7.17. The summed E-state index contributed by atoms with van der Waals surface area (Å²) in [5, 5.41) is 7.94. The van der Waals surface area contributed by atoms with Crippen LogP contribution in [-0.2, 0) is 0 Å². The second-order valence-corrected chi connectivity index (χ2v) is 3.66. The fraction of sp³-hybridized carbons (Fsp3) is 0.182. The first-order valence-electron chi connectivity index (χ1n) is 5.11. The normalized spacial score (nSPS) is 12.8. The second-order valence-electron chi connectivity index (χ2n) is 3.66. The van der Waals surface area contributed by atoms with Gasteiger partial charge in [-0.15, -0.1) is 10.2 Å². The number of hydrogen-bond acceptors (Lipinski definition) is 6. The third-order valence-corrected chi connectivity index (χ3v) is 2.47. The van der Waals surface area contributed by atoms with Gasteiger partial charge in [-0.3, -0.25) is 0 Å². The standard InChI is InChI=1S/C11H10N4O2/c1-6-13-11(12)10(15-14-6)7-2-3-8-9(4-7)17-5-16-8/h2-4H,5H2,1H3,(H2,12,13,14). The van der Waals surface area contributed by atoms with Gasteiger partial charge in [0.1, 0.15) is 11.5 Å². The van der Waals surface area contributed by atoms with Crippen molar-refractivity contribution >= 4 is 5.82 Å². The molecule has 0 unspecified atom stereocenters. The molecular weight excluding hydrogens is 220 g/mol. The molecule has 0 spiro atoms. The van der Waals surface area contributed by atoms with Crippen LogP contribution in [0.1, 0.15) is 5.82 Å². The average molecular weight is 230 g/mol.